The molecule has 2 atom stereocenters. The standard InChI is InChI=1S/C21H23N3O/c1-15-8-9-17-14-23-24(20(17)12-15)11-5-10-22-21(25)19-13-18(19)16-6-3-2-4-7-16/h2-4,6-9,12,14,18-19H,5,10-11,13H2,1H3,(H,22,25)/t18-,19+/m0/s1. The van der Waals surface area contributed by atoms with E-state index in [0.717, 1.165) is 24.9 Å². The highest BCUT2D eigenvalue weighted by Crippen LogP contribution is 2.47. The van der Waals surface area contributed by atoms with Crippen LogP contribution in [-0.2, 0) is 11.3 Å². The van der Waals surface area contributed by atoms with Crippen molar-refractivity contribution in [1.82, 2.24) is 15.1 Å². The molecular weight excluding hydrogens is 310 g/mol. The van der Waals surface area contributed by atoms with Crippen molar-refractivity contribution >= 4 is 16.8 Å². The molecule has 1 N–H and O–H groups in total. The van der Waals surface area contributed by atoms with E-state index in [1.165, 1.54) is 16.5 Å². The lowest BCUT2D eigenvalue weighted by Crippen LogP contribution is -2.27. The third kappa shape index (κ3) is 3.43. The average molecular weight is 333 g/mol. The van der Waals surface area contributed by atoms with Gasteiger partial charge in [0.05, 0.1) is 11.7 Å². The Morgan fingerprint density at radius 2 is 2.08 bits per heavy atom. The van der Waals surface area contributed by atoms with Crippen LogP contribution >= 0.6 is 0 Å². The number of aromatic nitrogens is 2. The van der Waals surface area contributed by atoms with Gasteiger partial charge in [-0.1, -0.05) is 42.5 Å². The lowest BCUT2D eigenvalue weighted by Gasteiger charge is -2.07. The van der Waals surface area contributed by atoms with Crippen LogP contribution in [0.25, 0.3) is 10.9 Å². The molecule has 0 bridgehead atoms. The number of carbonyl (C=O) groups is 1. The van der Waals surface area contributed by atoms with Crippen LogP contribution in [0.2, 0.25) is 0 Å². The summed E-state index contributed by atoms with van der Waals surface area (Å²) in [5.41, 5.74) is 3.68. The molecule has 0 aliphatic heterocycles. The van der Waals surface area contributed by atoms with Gasteiger partial charge in [0.15, 0.2) is 0 Å². The first-order chi connectivity index (χ1) is 12.2. The van der Waals surface area contributed by atoms with E-state index >= 15 is 0 Å². The molecule has 4 rings (SSSR count). The van der Waals surface area contributed by atoms with Crippen molar-refractivity contribution in [2.45, 2.75) is 32.2 Å². The first kappa shape index (κ1) is 15.9. The van der Waals surface area contributed by atoms with E-state index in [9.17, 15) is 4.79 Å². The molecule has 1 amide bonds. The van der Waals surface area contributed by atoms with Gasteiger partial charge in [-0.2, -0.15) is 5.10 Å². The van der Waals surface area contributed by atoms with E-state index in [2.05, 4.69) is 47.7 Å². The van der Waals surface area contributed by atoms with Crippen LogP contribution in [0.1, 0.15) is 29.9 Å². The van der Waals surface area contributed by atoms with E-state index in [4.69, 9.17) is 0 Å². The number of nitrogens with zero attached hydrogens (tertiary/aromatic N) is 2. The van der Waals surface area contributed by atoms with Crippen LogP contribution in [0, 0.1) is 12.8 Å². The fourth-order valence-corrected chi connectivity index (χ4v) is 3.48. The molecule has 1 aliphatic carbocycles. The van der Waals surface area contributed by atoms with Gasteiger partial charge in [0.25, 0.3) is 0 Å². The first-order valence-corrected chi connectivity index (χ1v) is 8.97. The number of hydrogen-bond donors (Lipinski definition) is 1. The van der Waals surface area contributed by atoms with Gasteiger partial charge in [-0.05, 0) is 42.9 Å². The topological polar surface area (TPSA) is 46.9 Å². The van der Waals surface area contributed by atoms with Crippen molar-refractivity contribution in [2.24, 2.45) is 5.92 Å². The van der Waals surface area contributed by atoms with Crippen molar-refractivity contribution in [3.63, 3.8) is 0 Å². The van der Waals surface area contributed by atoms with Crippen LogP contribution in [0.5, 0.6) is 0 Å². The van der Waals surface area contributed by atoms with Gasteiger partial charge in [0.2, 0.25) is 5.91 Å². The molecule has 0 unspecified atom stereocenters. The molecule has 4 heteroatoms. The second kappa shape index (κ2) is 6.71. The van der Waals surface area contributed by atoms with Gasteiger partial charge < -0.3 is 5.32 Å². The molecule has 2 aromatic carbocycles. The number of carbonyl (C=O) groups excluding carboxylic acids is 1. The molecule has 1 heterocycles. The van der Waals surface area contributed by atoms with Crippen molar-refractivity contribution in [2.75, 3.05) is 6.54 Å². The van der Waals surface area contributed by atoms with Crippen LogP contribution in [0.4, 0.5) is 0 Å². The van der Waals surface area contributed by atoms with Crippen LogP contribution in [0.15, 0.2) is 54.7 Å². The number of rotatable bonds is 6. The Kier molecular flexibility index (Phi) is 4.26. The Hall–Kier alpha value is -2.62. The van der Waals surface area contributed by atoms with Gasteiger partial charge in [0.1, 0.15) is 0 Å². The Balaban J connectivity index is 1.26. The highest BCUT2D eigenvalue weighted by Gasteiger charge is 2.43. The summed E-state index contributed by atoms with van der Waals surface area (Å²) in [5, 5.41) is 8.71. The largest absolute Gasteiger partial charge is 0.356 e. The molecule has 0 saturated heterocycles. The second-order valence-electron chi connectivity index (χ2n) is 6.93. The van der Waals surface area contributed by atoms with E-state index < -0.39 is 0 Å². The van der Waals surface area contributed by atoms with Gasteiger partial charge in [-0.3, -0.25) is 9.48 Å². The molecule has 128 valence electrons. The molecule has 0 spiro atoms. The number of benzene rings is 2. The first-order valence-electron chi connectivity index (χ1n) is 8.97. The molecule has 25 heavy (non-hydrogen) atoms. The van der Waals surface area contributed by atoms with Crippen molar-refractivity contribution < 1.29 is 4.79 Å². The minimum absolute atomic E-state index is 0.149. The van der Waals surface area contributed by atoms with Crippen molar-refractivity contribution in [1.29, 1.82) is 0 Å². The highest BCUT2D eigenvalue weighted by molar-refractivity contribution is 5.83. The Labute approximate surface area is 147 Å². The molecular formula is C21H23N3O. The molecule has 0 radical (unpaired) electrons. The fourth-order valence-electron chi connectivity index (χ4n) is 3.48. The Bertz CT molecular complexity index is 885. The smallest absolute Gasteiger partial charge is 0.223 e. The SMILES string of the molecule is Cc1ccc2cnn(CCCNC(=O)[C@@H]3C[C@H]3c3ccccc3)c2c1. The zero-order valence-corrected chi connectivity index (χ0v) is 14.5. The third-order valence-corrected chi connectivity index (χ3v) is 5.00. The van der Waals surface area contributed by atoms with E-state index in [-0.39, 0.29) is 11.8 Å². The zero-order valence-electron chi connectivity index (χ0n) is 14.5. The number of nitrogens with one attached hydrogen (secondary N) is 1. The normalized spacial score (nSPS) is 19.1. The monoisotopic (exact) mass is 333 g/mol. The van der Waals surface area contributed by atoms with Gasteiger partial charge in [-0.15, -0.1) is 0 Å². The van der Waals surface area contributed by atoms with Gasteiger partial charge in [-0.25, -0.2) is 0 Å². The highest BCUT2D eigenvalue weighted by atomic mass is 16.2. The molecule has 1 fully saturated rings. The summed E-state index contributed by atoms with van der Waals surface area (Å²) in [6.45, 7) is 3.61. The minimum Gasteiger partial charge on any atom is -0.356 e. The summed E-state index contributed by atoms with van der Waals surface area (Å²) in [4.78, 5) is 12.3. The van der Waals surface area contributed by atoms with Crippen LogP contribution < -0.4 is 5.32 Å². The lowest BCUT2D eigenvalue weighted by atomic mass is 10.1. The van der Waals surface area contributed by atoms with Crippen molar-refractivity contribution in [3.8, 4) is 0 Å². The minimum atomic E-state index is 0.149. The summed E-state index contributed by atoms with van der Waals surface area (Å²) in [6.07, 6.45) is 3.76. The van der Waals surface area contributed by atoms with Crippen molar-refractivity contribution in [3.05, 3.63) is 65.9 Å². The summed E-state index contributed by atoms with van der Waals surface area (Å²) >= 11 is 0. The summed E-state index contributed by atoms with van der Waals surface area (Å²) in [6, 6.07) is 16.7. The number of aryl methyl sites for hydroxylation is 2. The maximum Gasteiger partial charge on any atom is 0.223 e. The Morgan fingerprint density at radius 3 is 2.92 bits per heavy atom. The van der Waals surface area contributed by atoms with E-state index in [1.807, 2.05) is 29.1 Å². The van der Waals surface area contributed by atoms with E-state index in [1.54, 1.807) is 0 Å². The maximum atomic E-state index is 12.3. The fraction of sp³-hybridized carbons (Fsp3) is 0.333. The molecule has 4 nitrogen and oxygen atoms in total. The molecule has 3 aromatic rings. The third-order valence-electron chi connectivity index (χ3n) is 5.00. The predicted molar refractivity (Wildman–Crippen MR) is 99.4 cm³/mol. The number of hydrogen-bond acceptors (Lipinski definition) is 2. The summed E-state index contributed by atoms with van der Waals surface area (Å²) < 4.78 is 2.03. The quantitative estimate of drug-likeness (QED) is 0.700. The van der Waals surface area contributed by atoms with Gasteiger partial charge in [0, 0.05) is 24.4 Å². The van der Waals surface area contributed by atoms with Gasteiger partial charge >= 0.3 is 0 Å². The van der Waals surface area contributed by atoms with E-state index in [0.29, 0.717) is 12.5 Å². The maximum absolute atomic E-state index is 12.3. The number of amides is 1. The zero-order chi connectivity index (χ0) is 17.2. The molecule has 1 aromatic heterocycles. The second-order valence-corrected chi connectivity index (χ2v) is 6.93. The average Bonchev–Trinajstić information content (AvgIpc) is 3.35. The Morgan fingerprint density at radius 1 is 1.24 bits per heavy atom. The number of fused-ring (bicyclic) bond motifs is 1. The summed E-state index contributed by atoms with van der Waals surface area (Å²) in [5.74, 6) is 0.741. The molecule has 1 aliphatic rings. The summed E-state index contributed by atoms with van der Waals surface area (Å²) in [7, 11) is 0. The van der Waals surface area contributed by atoms with Crippen LogP contribution in [-0.4, -0.2) is 22.2 Å². The molecule has 1 saturated carbocycles. The lowest BCUT2D eigenvalue weighted by molar-refractivity contribution is -0.122. The van der Waals surface area contributed by atoms with Crippen LogP contribution in [0.3, 0.4) is 0 Å². The predicted octanol–water partition coefficient (Wildman–Crippen LogP) is 3.65.